The lowest BCUT2D eigenvalue weighted by molar-refractivity contribution is -0.0630. The van der Waals surface area contributed by atoms with Gasteiger partial charge in [0.2, 0.25) is 0 Å². The van der Waals surface area contributed by atoms with Crippen LogP contribution in [0.5, 0.6) is 0 Å². The molecule has 0 bridgehead atoms. The molecule has 2 rings (SSSR count). The highest BCUT2D eigenvalue weighted by molar-refractivity contribution is 6.18. The molecule has 106 valence electrons. The van der Waals surface area contributed by atoms with Gasteiger partial charge in [-0.1, -0.05) is 26.2 Å². The Morgan fingerprint density at radius 1 is 1.22 bits per heavy atom. The zero-order chi connectivity index (χ0) is 13.0. The summed E-state index contributed by atoms with van der Waals surface area (Å²) in [6.45, 7) is 5.41. The summed E-state index contributed by atoms with van der Waals surface area (Å²) >= 11 is 5.89. The van der Waals surface area contributed by atoms with E-state index in [0.717, 1.165) is 12.4 Å². The van der Waals surface area contributed by atoms with Crippen molar-refractivity contribution in [2.24, 2.45) is 5.92 Å². The topological polar surface area (TPSA) is 21.3 Å². The lowest BCUT2D eigenvalue weighted by Gasteiger charge is -2.33. The molecule has 3 atom stereocenters. The van der Waals surface area contributed by atoms with Gasteiger partial charge < -0.3 is 10.1 Å². The van der Waals surface area contributed by atoms with E-state index in [0.29, 0.717) is 18.1 Å². The molecule has 1 spiro atoms. The quantitative estimate of drug-likeness (QED) is 0.771. The third-order valence-corrected chi connectivity index (χ3v) is 5.35. The second-order valence-corrected chi connectivity index (χ2v) is 6.66. The summed E-state index contributed by atoms with van der Waals surface area (Å²) < 4.78 is 6.36. The van der Waals surface area contributed by atoms with E-state index in [1.54, 1.807) is 0 Å². The standard InChI is InChI=1S/C15H28ClNO/c1-12(10-16)13(2)17-11-14-6-9-15(18-14)7-4-3-5-8-15/h12-14,17H,3-11H2,1-2H3. The van der Waals surface area contributed by atoms with Gasteiger partial charge in [-0.25, -0.2) is 0 Å². The maximum atomic E-state index is 6.36. The van der Waals surface area contributed by atoms with Gasteiger partial charge in [-0.05, 0) is 38.5 Å². The first-order chi connectivity index (χ1) is 8.65. The van der Waals surface area contributed by atoms with E-state index < -0.39 is 0 Å². The average Bonchev–Trinajstić information content (AvgIpc) is 2.79. The molecule has 1 saturated heterocycles. The Morgan fingerprint density at radius 3 is 2.61 bits per heavy atom. The predicted molar refractivity (Wildman–Crippen MR) is 77.3 cm³/mol. The Hall–Kier alpha value is 0.210. The molecule has 0 aromatic rings. The SMILES string of the molecule is CC(CCl)C(C)NCC1CCC2(CCCCC2)O1. The van der Waals surface area contributed by atoms with E-state index in [1.165, 1.54) is 44.9 Å². The van der Waals surface area contributed by atoms with Crippen molar-refractivity contribution in [3.05, 3.63) is 0 Å². The first kappa shape index (κ1) is 14.6. The molecular weight excluding hydrogens is 246 g/mol. The highest BCUT2D eigenvalue weighted by Crippen LogP contribution is 2.41. The van der Waals surface area contributed by atoms with E-state index in [2.05, 4.69) is 19.2 Å². The summed E-state index contributed by atoms with van der Waals surface area (Å²) in [4.78, 5) is 0. The number of nitrogens with one attached hydrogen (secondary N) is 1. The van der Waals surface area contributed by atoms with Crippen molar-refractivity contribution < 1.29 is 4.74 Å². The van der Waals surface area contributed by atoms with Gasteiger partial charge in [0.25, 0.3) is 0 Å². The number of ether oxygens (including phenoxy) is 1. The lowest BCUT2D eigenvalue weighted by atomic mass is 9.83. The van der Waals surface area contributed by atoms with Crippen molar-refractivity contribution in [2.45, 2.75) is 76.5 Å². The third kappa shape index (κ3) is 3.61. The maximum Gasteiger partial charge on any atom is 0.0708 e. The zero-order valence-corrected chi connectivity index (χ0v) is 12.6. The normalized spacial score (nSPS) is 30.5. The Morgan fingerprint density at radius 2 is 1.94 bits per heavy atom. The van der Waals surface area contributed by atoms with Crippen LogP contribution >= 0.6 is 11.6 Å². The summed E-state index contributed by atoms with van der Waals surface area (Å²) in [6.07, 6.45) is 9.63. The van der Waals surface area contributed by atoms with Crippen molar-refractivity contribution in [3.63, 3.8) is 0 Å². The van der Waals surface area contributed by atoms with Crippen LogP contribution in [0.3, 0.4) is 0 Å². The minimum atomic E-state index is 0.256. The molecule has 0 radical (unpaired) electrons. The molecular formula is C15H28ClNO. The van der Waals surface area contributed by atoms with Crippen LogP contribution in [0.2, 0.25) is 0 Å². The maximum absolute atomic E-state index is 6.36. The molecule has 3 unspecified atom stereocenters. The minimum absolute atomic E-state index is 0.256. The van der Waals surface area contributed by atoms with Gasteiger partial charge in [0.15, 0.2) is 0 Å². The Labute approximate surface area is 117 Å². The Bertz CT molecular complexity index is 253. The summed E-state index contributed by atoms with van der Waals surface area (Å²) in [5, 5.41) is 3.59. The van der Waals surface area contributed by atoms with Crippen LogP contribution in [0, 0.1) is 5.92 Å². The number of hydrogen-bond donors (Lipinski definition) is 1. The summed E-state index contributed by atoms with van der Waals surface area (Å²) in [5.41, 5.74) is 0.256. The first-order valence-electron chi connectivity index (χ1n) is 7.62. The van der Waals surface area contributed by atoms with Gasteiger partial charge in [-0.2, -0.15) is 0 Å². The van der Waals surface area contributed by atoms with Crippen LogP contribution < -0.4 is 5.32 Å². The van der Waals surface area contributed by atoms with Crippen LogP contribution in [-0.2, 0) is 4.74 Å². The molecule has 1 aliphatic heterocycles. The van der Waals surface area contributed by atoms with Crippen molar-refractivity contribution in [2.75, 3.05) is 12.4 Å². The number of halogens is 1. The molecule has 1 heterocycles. The predicted octanol–water partition coefficient (Wildman–Crippen LogP) is 3.72. The van der Waals surface area contributed by atoms with E-state index in [9.17, 15) is 0 Å². The fraction of sp³-hybridized carbons (Fsp3) is 1.00. The van der Waals surface area contributed by atoms with Crippen molar-refractivity contribution in [1.82, 2.24) is 5.32 Å². The van der Waals surface area contributed by atoms with Gasteiger partial charge in [0.1, 0.15) is 0 Å². The molecule has 2 aliphatic rings. The number of rotatable bonds is 5. The third-order valence-electron chi connectivity index (χ3n) is 4.87. The van der Waals surface area contributed by atoms with Gasteiger partial charge >= 0.3 is 0 Å². The Kier molecular flexibility index (Phi) is 5.35. The van der Waals surface area contributed by atoms with Gasteiger partial charge in [-0.15, -0.1) is 11.6 Å². The molecule has 1 aliphatic carbocycles. The van der Waals surface area contributed by atoms with E-state index >= 15 is 0 Å². The van der Waals surface area contributed by atoms with E-state index in [1.807, 2.05) is 0 Å². The van der Waals surface area contributed by atoms with Crippen LogP contribution in [-0.4, -0.2) is 30.2 Å². The second kappa shape index (κ2) is 6.58. The second-order valence-electron chi connectivity index (χ2n) is 6.35. The van der Waals surface area contributed by atoms with E-state index in [4.69, 9.17) is 16.3 Å². The van der Waals surface area contributed by atoms with Gasteiger partial charge in [0, 0.05) is 18.5 Å². The van der Waals surface area contributed by atoms with Crippen molar-refractivity contribution in [3.8, 4) is 0 Å². The fourth-order valence-corrected chi connectivity index (χ4v) is 3.52. The molecule has 18 heavy (non-hydrogen) atoms. The largest absolute Gasteiger partial charge is 0.370 e. The zero-order valence-electron chi connectivity index (χ0n) is 11.9. The minimum Gasteiger partial charge on any atom is -0.370 e. The van der Waals surface area contributed by atoms with Crippen LogP contribution in [0.25, 0.3) is 0 Å². The van der Waals surface area contributed by atoms with Crippen LogP contribution in [0.1, 0.15) is 58.8 Å². The fourth-order valence-electron chi connectivity index (χ4n) is 3.26. The van der Waals surface area contributed by atoms with Gasteiger partial charge in [-0.3, -0.25) is 0 Å². The molecule has 1 saturated carbocycles. The van der Waals surface area contributed by atoms with Crippen molar-refractivity contribution in [1.29, 1.82) is 0 Å². The monoisotopic (exact) mass is 273 g/mol. The first-order valence-corrected chi connectivity index (χ1v) is 8.16. The lowest BCUT2D eigenvalue weighted by Crippen LogP contribution is -2.39. The molecule has 0 aromatic carbocycles. The Balaban J connectivity index is 1.72. The molecule has 1 N–H and O–H groups in total. The summed E-state index contributed by atoms with van der Waals surface area (Å²) in [5.74, 6) is 1.25. The van der Waals surface area contributed by atoms with Gasteiger partial charge in [0.05, 0.1) is 11.7 Å². The van der Waals surface area contributed by atoms with Crippen molar-refractivity contribution >= 4 is 11.6 Å². The highest BCUT2D eigenvalue weighted by atomic mass is 35.5. The van der Waals surface area contributed by atoms with Crippen LogP contribution in [0.4, 0.5) is 0 Å². The number of alkyl halides is 1. The summed E-state index contributed by atoms with van der Waals surface area (Å²) in [6, 6.07) is 0.481. The summed E-state index contributed by atoms with van der Waals surface area (Å²) in [7, 11) is 0. The number of hydrogen-bond acceptors (Lipinski definition) is 2. The van der Waals surface area contributed by atoms with Crippen LogP contribution in [0.15, 0.2) is 0 Å². The highest BCUT2D eigenvalue weighted by Gasteiger charge is 2.40. The van der Waals surface area contributed by atoms with E-state index in [-0.39, 0.29) is 5.60 Å². The molecule has 2 fully saturated rings. The smallest absolute Gasteiger partial charge is 0.0708 e. The molecule has 3 heteroatoms. The molecule has 2 nitrogen and oxygen atoms in total. The average molecular weight is 274 g/mol. The molecule has 0 aromatic heterocycles. The molecule has 0 amide bonds.